The quantitative estimate of drug-likeness (QED) is 0.750. The van der Waals surface area contributed by atoms with E-state index in [1.54, 1.807) is 11.6 Å². The number of hydrogen-bond acceptors (Lipinski definition) is 4. The number of para-hydroxylation sites is 1. The van der Waals surface area contributed by atoms with Gasteiger partial charge < -0.3 is 9.30 Å². The molecule has 0 radical (unpaired) electrons. The first-order chi connectivity index (χ1) is 8.22. The van der Waals surface area contributed by atoms with Gasteiger partial charge in [-0.05, 0) is 12.1 Å². The first kappa shape index (κ1) is 11.3. The second-order valence-electron chi connectivity index (χ2n) is 3.42. The molecule has 17 heavy (non-hydrogen) atoms. The third-order valence-electron chi connectivity index (χ3n) is 2.28. The van der Waals surface area contributed by atoms with Gasteiger partial charge in [-0.15, -0.1) is 10.2 Å². The second-order valence-corrected chi connectivity index (χ2v) is 3.42. The van der Waals surface area contributed by atoms with Crippen LogP contribution >= 0.6 is 0 Å². The lowest BCUT2D eigenvalue weighted by Gasteiger charge is -2.08. The van der Waals surface area contributed by atoms with Gasteiger partial charge in [-0.3, -0.25) is 4.79 Å². The van der Waals surface area contributed by atoms with Crippen molar-refractivity contribution in [3.63, 3.8) is 0 Å². The summed E-state index contributed by atoms with van der Waals surface area (Å²) in [7, 11) is 1.75. The standard InChI is InChI=1S/C11H10FN3O2/c1-15-7-13-14-10(15)6-17-11-8(5-16)3-2-4-9(11)12/h2-5,7H,6H2,1H3. The Labute approximate surface area is 96.9 Å². The maximum Gasteiger partial charge on any atom is 0.170 e. The minimum Gasteiger partial charge on any atom is -0.482 e. The molecule has 0 saturated carbocycles. The van der Waals surface area contributed by atoms with Crippen molar-refractivity contribution < 1.29 is 13.9 Å². The third-order valence-corrected chi connectivity index (χ3v) is 2.28. The molecule has 0 unspecified atom stereocenters. The van der Waals surface area contributed by atoms with E-state index in [1.807, 2.05) is 0 Å². The smallest absolute Gasteiger partial charge is 0.170 e. The Morgan fingerprint density at radius 2 is 2.35 bits per heavy atom. The van der Waals surface area contributed by atoms with Crippen LogP contribution in [0.15, 0.2) is 24.5 Å². The minimum absolute atomic E-state index is 0.0538. The largest absolute Gasteiger partial charge is 0.482 e. The van der Waals surface area contributed by atoms with E-state index < -0.39 is 5.82 Å². The highest BCUT2D eigenvalue weighted by Crippen LogP contribution is 2.21. The van der Waals surface area contributed by atoms with Gasteiger partial charge in [-0.25, -0.2) is 4.39 Å². The molecule has 0 N–H and O–H groups in total. The summed E-state index contributed by atoms with van der Waals surface area (Å²) >= 11 is 0. The highest BCUT2D eigenvalue weighted by Gasteiger charge is 2.10. The molecule has 6 heteroatoms. The number of carbonyl (C=O) groups excluding carboxylic acids is 1. The number of rotatable bonds is 4. The maximum atomic E-state index is 13.4. The molecule has 88 valence electrons. The zero-order valence-corrected chi connectivity index (χ0v) is 9.13. The van der Waals surface area contributed by atoms with Crippen LogP contribution in [0.3, 0.4) is 0 Å². The molecule has 0 aliphatic heterocycles. The van der Waals surface area contributed by atoms with Crippen LogP contribution in [0.2, 0.25) is 0 Å². The molecule has 0 fully saturated rings. The van der Waals surface area contributed by atoms with Crippen molar-refractivity contribution in [1.29, 1.82) is 0 Å². The number of aryl methyl sites for hydroxylation is 1. The Morgan fingerprint density at radius 1 is 1.53 bits per heavy atom. The topological polar surface area (TPSA) is 57.0 Å². The molecule has 0 aliphatic rings. The fraction of sp³-hybridized carbons (Fsp3) is 0.182. The number of benzene rings is 1. The van der Waals surface area contributed by atoms with Crippen molar-refractivity contribution in [3.8, 4) is 5.75 Å². The van der Waals surface area contributed by atoms with Gasteiger partial charge in [0.1, 0.15) is 12.9 Å². The molecule has 0 saturated heterocycles. The summed E-state index contributed by atoms with van der Waals surface area (Å²) in [6.45, 7) is 0.0538. The van der Waals surface area contributed by atoms with E-state index in [-0.39, 0.29) is 17.9 Å². The zero-order valence-electron chi connectivity index (χ0n) is 9.13. The minimum atomic E-state index is -0.572. The summed E-state index contributed by atoms with van der Waals surface area (Å²) in [6, 6.07) is 4.18. The molecule has 2 rings (SSSR count). The van der Waals surface area contributed by atoms with Gasteiger partial charge >= 0.3 is 0 Å². The fourth-order valence-corrected chi connectivity index (χ4v) is 1.35. The highest BCUT2D eigenvalue weighted by atomic mass is 19.1. The molecular formula is C11H10FN3O2. The Hall–Kier alpha value is -2.24. The Bertz CT molecular complexity index is 539. The molecule has 1 heterocycles. The summed E-state index contributed by atoms with van der Waals surface area (Å²) in [4.78, 5) is 10.7. The number of halogens is 1. The Morgan fingerprint density at radius 3 is 3.00 bits per heavy atom. The van der Waals surface area contributed by atoms with Crippen molar-refractivity contribution in [2.45, 2.75) is 6.61 Å². The van der Waals surface area contributed by atoms with E-state index in [0.29, 0.717) is 12.1 Å². The fourth-order valence-electron chi connectivity index (χ4n) is 1.35. The number of ether oxygens (including phenoxy) is 1. The molecule has 0 bridgehead atoms. The predicted molar refractivity (Wildman–Crippen MR) is 57.1 cm³/mol. The molecule has 1 aromatic heterocycles. The number of nitrogens with zero attached hydrogens (tertiary/aromatic N) is 3. The van der Waals surface area contributed by atoms with Gasteiger partial charge in [0, 0.05) is 7.05 Å². The molecular weight excluding hydrogens is 225 g/mol. The first-order valence-corrected chi connectivity index (χ1v) is 4.91. The lowest BCUT2D eigenvalue weighted by atomic mass is 10.2. The van der Waals surface area contributed by atoms with E-state index in [9.17, 15) is 9.18 Å². The highest BCUT2D eigenvalue weighted by molar-refractivity contribution is 5.79. The van der Waals surface area contributed by atoms with E-state index in [1.165, 1.54) is 24.5 Å². The van der Waals surface area contributed by atoms with Gasteiger partial charge in [0.25, 0.3) is 0 Å². The predicted octanol–water partition coefficient (Wildman–Crippen LogP) is 1.35. The average Bonchev–Trinajstić information content (AvgIpc) is 2.73. The monoisotopic (exact) mass is 235 g/mol. The van der Waals surface area contributed by atoms with E-state index in [2.05, 4.69) is 10.2 Å². The molecule has 0 spiro atoms. The van der Waals surface area contributed by atoms with Crippen LogP contribution in [0.5, 0.6) is 5.75 Å². The van der Waals surface area contributed by atoms with Crippen LogP contribution in [0.1, 0.15) is 16.2 Å². The van der Waals surface area contributed by atoms with Gasteiger partial charge in [-0.1, -0.05) is 6.07 Å². The van der Waals surface area contributed by atoms with Crippen molar-refractivity contribution in [1.82, 2.24) is 14.8 Å². The Balaban J connectivity index is 2.19. The third kappa shape index (κ3) is 2.30. The van der Waals surface area contributed by atoms with E-state index in [4.69, 9.17) is 4.74 Å². The summed E-state index contributed by atoms with van der Waals surface area (Å²) < 4.78 is 20.3. The number of hydrogen-bond donors (Lipinski definition) is 0. The number of aldehydes is 1. The van der Waals surface area contributed by atoms with Crippen LogP contribution < -0.4 is 4.74 Å². The Kier molecular flexibility index (Phi) is 3.13. The van der Waals surface area contributed by atoms with E-state index in [0.717, 1.165) is 0 Å². The summed E-state index contributed by atoms with van der Waals surface area (Å²) in [5, 5.41) is 7.46. The van der Waals surface area contributed by atoms with E-state index >= 15 is 0 Å². The van der Waals surface area contributed by atoms with Gasteiger partial charge in [0.2, 0.25) is 0 Å². The first-order valence-electron chi connectivity index (χ1n) is 4.91. The average molecular weight is 235 g/mol. The zero-order chi connectivity index (χ0) is 12.3. The molecule has 0 amide bonds. The van der Waals surface area contributed by atoms with Crippen LogP contribution in [-0.4, -0.2) is 21.1 Å². The molecule has 1 aromatic carbocycles. The lowest BCUT2D eigenvalue weighted by molar-refractivity contribution is 0.111. The van der Waals surface area contributed by atoms with Gasteiger partial charge in [0.15, 0.2) is 23.7 Å². The summed E-state index contributed by atoms with van der Waals surface area (Å²) in [6.07, 6.45) is 2.07. The van der Waals surface area contributed by atoms with Gasteiger partial charge in [-0.2, -0.15) is 0 Å². The lowest BCUT2D eigenvalue weighted by Crippen LogP contribution is -2.05. The van der Waals surface area contributed by atoms with Crippen LogP contribution in [0.4, 0.5) is 4.39 Å². The second kappa shape index (κ2) is 4.73. The van der Waals surface area contributed by atoms with Crippen LogP contribution in [-0.2, 0) is 13.7 Å². The molecule has 0 aliphatic carbocycles. The van der Waals surface area contributed by atoms with Crippen molar-refractivity contribution in [2.75, 3.05) is 0 Å². The van der Waals surface area contributed by atoms with Crippen molar-refractivity contribution >= 4 is 6.29 Å². The van der Waals surface area contributed by atoms with Crippen molar-refractivity contribution in [3.05, 3.63) is 41.7 Å². The SMILES string of the molecule is Cn1cnnc1COc1c(F)cccc1C=O. The number of aromatic nitrogens is 3. The maximum absolute atomic E-state index is 13.4. The summed E-state index contributed by atoms with van der Waals surface area (Å²) in [5.74, 6) is -0.0904. The normalized spacial score (nSPS) is 10.2. The molecule has 5 nitrogen and oxygen atoms in total. The molecule has 2 aromatic rings. The van der Waals surface area contributed by atoms with Gasteiger partial charge in [0.05, 0.1) is 5.56 Å². The number of carbonyl (C=O) groups is 1. The van der Waals surface area contributed by atoms with Crippen LogP contribution in [0.25, 0.3) is 0 Å². The van der Waals surface area contributed by atoms with Crippen LogP contribution in [0, 0.1) is 5.82 Å². The molecule has 0 atom stereocenters. The van der Waals surface area contributed by atoms with Crippen molar-refractivity contribution in [2.24, 2.45) is 7.05 Å². The summed E-state index contributed by atoms with van der Waals surface area (Å²) in [5.41, 5.74) is 0.173.